The van der Waals surface area contributed by atoms with Crippen LogP contribution in [0.5, 0.6) is 5.75 Å². The smallest absolute Gasteiger partial charge is 0.246 e. The summed E-state index contributed by atoms with van der Waals surface area (Å²) in [7, 11) is -2.36. The Kier molecular flexibility index (Phi) is 6.36. The number of ketones is 1. The molecule has 9 heteroatoms. The molecule has 2 aliphatic rings. The van der Waals surface area contributed by atoms with E-state index in [0.29, 0.717) is 38.2 Å². The number of hydrogen-bond donors (Lipinski definition) is 1. The zero-order valence-corrected chi connectivity index (χ0v) is 17.0. The Balaban J connectivity index is 1.82. The zero-order chi connectivity index (χ0) is 20.3. The summed E-state index contributed by atoms with van der Waals surface area (Å²) in [5.74, 6) is -0.0870. The molecule has 3 rings (SSSR count). The average molecular weight is 410 g/mol. The van der Waals surface area contributed by atoms with Crippen molar-refractivity contribution in [1.29, 1.82) is 0 Å². The van der Waals surface area contributed by atoms with Crippen molar-refractivity contribution >= 4 is 27.4 Å². The Labute approximate surface area is 165 Å². The Morgan fingerprint density at radius 1 is 1.29 bits per heavy atom. The largest absolute Gasteiger partial charge is 0.495 e. The van der Waals surface area contributed by atoms with Crippen LogP contribution >= 0.6 is 0 Å². The van der Waals surface area contributed by atoms with Crippen molar-refractivity contribution in [1.82, 2.24) is 4.31 Å². The number of Topliss-reactive ketones (excluding diaryl/α,β-unsaturated/α-hetero) is 1. The first kappa shape index (κ1) is 20.8. The van der Waals surface area contributed by atoms with Gasteiger partial charge in [0.15, 0.2) is 0 Å². The van der Waals surface area contributed by atoms with Crippen LogP contribution in [0.4, 0.5) is 5.69 Å². The van der Waals surface area contributed by atoms with E-state index >= 15 is 0 Å². The van der Waals surface area contributed by atoms with Crippen LogP contribution in [0.25, 0.3) is 0 Å². The Morgan fingerprint density at radius 3 is 2.64 bits per heavy atom. The number of methoxy groups -OCH3 is 1. The van der Waals surface area contributed by atoms with Gasteiger partial charge in [0.25, 0.3) is 0 Å². The van der Waals surface area contributed by atoms with E-state index in [-0.39, 0.29) is 47.3 Å². The quantitative estimate of drug-likeness (QED) is 0.792. The molecule has 28 heavy (non-hydrogen) atoms. The van der Waals surface area contributed by atoms with Crippen molar-refractivity contribution in [3.05, 3.63) is 18.2 Å². The minimum atomic E-state index is -3.77. The van der Waals surface area contributed by atoms with E-state index < -0.39 is 10.0 Å². The van der Waals surface area contributed by atoms with Gasteiger partial charge >= 0.3 is 0 Å². The van der Waals surface area contributed by atoms with Crippen LogP contribution < -0.4 is 10.1 Å². The lowest BCUT2D eigenvalue weighted by atomic mass is 9.79. The predicted molar refractivity (Wildman–Crippen MR) is 103 cm³/mol. The molecule has 1 aromatic carbocycles. The molecule has 1 heterocycles. The highest BCUT2D eigenvalue weighted by Gasteiger charge is 2.32. The number of ether oxygens (including phenoxy) is 2. The summed E-state index contributed by atoms with van der Waals surface area (Å²) in [6.45, 7) is 3.13. The second-order valence-electron chi connectivity index (χ2n) is 7.24. The van der Waals surface area contributed by atoms with Crippen molar-refractivity contribution in [3.63, 3.8) is 0 Å². The van der Waals surface area contributed by atoms with Gasteiger partial charge in [-0.15, -0.1) is 0 Å². The minimum absolute atomic E-state index is 0.0153. The summed E-state index contributed by atoms with van der Waals surface area (Å²) in [5, 5.41) is 2.81. The molecule has 1 saturated heterocycles. The van der Waals surface area contributed by atoms with Gasteiger partial charge in [0.1, 0.15) is 16.4 Å². The van der Waals surface area contributed by atoms with Crippen LogP contribution in [0, 0.1) is 11.8 Å². The minimum Gasteiger partial charge on any atom is -0.495 e. The van der Waals surface area contributed by atoms with E-state index in [1.54, 1.807) is 6.07 Å². The van der Waals surface area contributed by atoms with Crippen molar-refractivity contribution in [2.75, 3.05) is 38.7 Å². The number of sulfonamides is 1. The molecule has 0 bridgehead atoms. The molecule has 154 valence electrons. The lowest BCUT2D eigenvalue weighted by Gasteiger charge is -2.28. The predicted octanol–water partition coefficient (Wildman–Crippen LogP) is 1.66. The topological polar surface area (TPSA) is 102 Å². The van der Waals surface area contributed by atoms with Gasteiger partial charge in [-0.3, -0.25) is 9.59 Å². The fourth-order valence-electron chi connectivity index (χ4n) is 3.71. The van der Waals surface area contributed by atoms with Crippen LogP contribution in [0.1, 0.15) is 26.2 Å². The molecule has 1 N–H and O–H groups in total. The third kappa shape index (κ3) is 4.37. The standard InChI is InChI=1S/C19H26N2O6S/c1-13-11-15(22)4-5-16(13)19(23)20-14-3-6-17(26-2)18(12-14)28(24,25)21-7-9-27-10-8-21/h3,6,12-13,16H,4-5,7-11H2,1-2H3,(H,20,23)/t13-,16+/m0/s1. The van der Waals surface area contributed by atoms with Crippen LogP contribution in [0.2, 0.25) is 0 Å². The van der Waals surface area contributed by atoms with Gasteiger partial charge in [-0.05, 0) is 30.5 Å². The van der Waals surface area contributed by atoms with E-state index in [0.717, 1.165) is 0 Å². The van der Waals surface area contributed by atoms with E-state index in [1.165, 1.54) is 23.5 Å². The molecule has 0 unspecified atom stereocenters. The first-order valence-electron chi connectivity index (χ1n) is 9.41. The van der Waals surface area contributed by atoms with Gasteiger partial charge in [-0.25, -0.2) is 8.42 Å². The summed E-state index contributed by atoms with van der Waals surface area (Å²) in [6, 6.07) is 4.59. The monoisotopic (exact) mass is 410 g/mol. The van der Waals surface area contributed by atoms with Crippen molar-refractivity contribution in [2.45, 2.75) is 31.1 Å². The number of benzene rings is 1. The van der Waals surface area contributed by atoms with Gasteiger partial charge in [0, 0.05) is 37.5 Å². The average Bonchev–Trinajstić information content (AvgIpc) is 2.68. The second kappa shape index (κ2) is 8.59. The summed E-state index contributed by atoms with van der Waals surface area (Å²) in [4.78, 5) is 24.2. The molecule has 1 aliphatic heterocycles. The first-order valence-corrected chi connectivity index (χ1v) is 10.9. The number of anilines is 1. The van der Waals surface area contributed by atoms with E-state index in [2.05, 4.69) is 5.32 Å². The van der Waals surface area contributed by atoms with Gasteiger partial charge in [0.2, 0.25) is 15.9 Å². The fraction of sp³-hybridized carbons (Fsp3) is 0.579. The number of rotatable bonds is 5. The van der Waals surface area contributed by atoms with Crippen molar-refractivity contribution in [3.8, 4) is 5.75 Å². The van der Waals surface area contributed by atoms with Gasteiger partial charge in [0.05, 0.1) is 20.3 Å². The summed E-state index contributed by atoms with van der Waals surface area (Å²) in [5.41, 5.74) is 0.390. The Bertz CT molecular complexity index is 848. The molecule has 1 aromatic rings. The highest BCUT2D eigenvalue weighted by molar-refractivity contribution is 7.89. The lowest BCUT2D eigenvalue weighted by Crippen LogP contribution is -2.40. The highest BCUT2D eigenvalue weighted by Crippen LogP contribution is 2.32. The molecular weight excluding hydrogens is 384 g/mol. The van der Waals surface area contributed by atoms with Gasteiger partial charge in [-0.2, -0.15) is 4.31 Å². The number of carbonyl (C=O) groups excluding carboxylic acids is 2. The molecule has 2 atom stereocenters. The first-order chi connectivity index (χ1) is 13.3. The van der Waals surface area contributed by atoms with Crippen molar-refractivity contribution in [2.24, 2.45) is 11.8 Å². The number of nitrogens with zero attached hydrogens (tertiary/aromatic N) is 1. The van der Waals surface area contributed by atoms with Crippen molar-refractivity contribution < 1.29 is 27.5 Å². The Hall–Kier alpha value is -1.97. The van der Waals surface area contributed by atoms with Gasteiger partial charge in [-0.1, -0.05) is 6.92 Å². The molecule has 8 nitrogen and oxygen atoms in total. The van der Waals surface area contributed by atoms with E-state index in [9.17, 15) is 18.0 Å². The summed E-state index contributed by atoms with van der Waals surface area (Å²) < 4.78 is 37.9. The van der Waals surface area contributed by atoms with E-state index in [4.69, 9.17) is 9.47 Å². The number of nitrogens with one attached hydrogen (secondary N) is 1. The molecule has 0 radical (unpaired) electrons. The van der Waals surface area contributed by atoms with Crippen LogP contribution in [0.15, 0.2) is 23.1 Å². The lowest BCUT2D eigenvalue weighted by molar-refractivity contribution is -0.127. The van der Waals surface area contributed by atoms with Crippen LogP contribution in [-0.2, 0) is 24.3 Å². The number of morpholine rings is 1. The maximum absolute atomic E-state index is 13.0. The molecular formula is C19H26N2O6S. The number of carbonyl (C=O) groups is 2. The number of amides is 1. The normalized spacial score (nSPS) is 24.0. The molecule has 1 saturated carbocycles. The highest BCUT2D eigenvalue weighted by atomic mass is 32.2. The second-order valence-corrected chi connectivity index (χ2v) is 9.14. The maximum atomic E-state index is 13.0. The third-order valence-electron chi connectivity index (χ3n) is 5.33. The molecule has 1 aliphatic carbocycles. The Morgan fingerprint density at radius 2 is 2.00 bits per heavy atom. The third-order valence-corrected chi connectivity index (χ3v) is 7.25. The van der Waals surface area contributed by atoms with Gasteiger partial charge < -0.3 is 14.8 Å². The fourth-order valence-corrected chi connectivity index (χ4v) is 5.30. The molecule has 0 aromatic heterocycles. The maximum Gasteiger partial charge on any atom is 0.246 e. The number of hydrogen-bond acceptors (Lipinski definition) is 6. The zero-order valence-electron chi connectivity index (χ0n) is 16.1. The van der Waals surface area contributed by atoms with E-state index in [1.807, 2.05) is 6.92 Å². The molecule has 1 amide bonds. The summed E-state index contributed by atoms with van der Waals surface area (Å²) >= 11 is 0. The SMILES string of the molecule is COc1ccc(NC(=O)[C@@H]2CCC(=O)C[C@@H]2C)cc1S(=O)(=O)N1CCOCC1. The van der Waals surface area contributed by atoms with Crippen LogP contribution in [0.3, 0.4) is 0 Å². The summed E-state index contributed by atoms with van der Waals surface area (Å²) in [6.07, 6.45) is 1.32. The molecule has 0 spiro atoms. The molecule has 2 fully saturated rings. The van der Waals surface area contributed by atoms with Crippen LogP contribution in [-0.4, -0.2) is 57.8 Å².